The third-order valence-electron chi connectivity index (χ3n) is 17.5. The highest BCUT2D eigenvalue weighted by molar-refractivity contribution is 6.30. The number of carboxylic acids is 1. The average Bonchev–Trinajstić information content (AvgIpc) is 3.50. The van der Waals surface area contributed by atoms with Gasteiger partial charge in [-0.2, -0.15) is 0 Å². The van der Waals surface area contributed by atoms with Gasteiger partial charge in [0.25, 0.3) is 5.91 Å². The van der Waals surface area contributed by atoms with Gasteiger partial charge >= 0.3 is 5.97 Å². The molecule has 0 saturated heterocycles. The molecule has 0 aliphatic heterocycles. The number of allylic oxidation sites excluding steroid dienone is 2. The number of fused-ring (bicyclic) bond motifs is 7. The molecule has 0 aromatic heterocycles. The van der Waals surface area contributed by atoms with Crippen molar-refractivity contribution in [3.05, 3.63) is 46.0 Å². The van der Waals surface area contributed by atoms with E-state index in [1.165, 1.54) is 32.4 Å². The summed E-state index contributed by atoms with van der Waals surface area (Å²) in [5.74, 6) is 1.77. The fourth-order valence-corrected chi connectivity index (χ4v) is 14.3. The number of carbonyl (C=O) groups excluding carboxylic acids is 4. The molecule has 6 aliphatic carbocycles. The van der Waals surface area contributed by atoms with E-state index >= 15 is 0 Å². The number of aldehydes is 1. The number of Topliss-reactive ketones (excluding diaryl/α,β-unsaturated/α-hetero) is 2. The molecule has 0 heterocycles. The standard InChI is InChI=1S/C42H66N2O7.C7H5ClO/c1-22(2)35-33(47)21-41(17-18-44-38(50)42(51,43-8)24(4)45)16-14-26-27-10-12-34-39(5,6)25(19-32(46)29-20-30(23(29)3)37(48)49)13-15-40(34,7)31(27)11-9-28(26)36(35)41;8-7-3-1-6(5-9)2-4-7/h22-31,34,43,45,51H,9-21H2,1-8H3,(H,44,50)(H,48,49);1-5H. The van der Waals surface area contributed by atoms with Crippen molar-refractivity contribution in [3.63, 3.8) is 0 Å². The van der Waals surface area contributed by atoms with E-state index < -0.39 is 23.7 Å². The Labute approximate surface area is 362 Å². The molecule has 6 aliphatic rings. The van der Waals surface area contributed by atoms with Crippen molar-refractivity contribution in [2.75, 3.05) is 13.6 Å². The smallest absolute Gasteiger partial charge is 0.306 e. The number of nitrogens with one attached hydrogen (secondary N) is 2. The van der Waals surface area contributed by atoms with Crippen LogP contribution in [-0.2, 0) is 19.2 Å². The summed E-state index contributed by atoms with van der Waals surface area (Å²) in [6.45, 7) is 15.3. The molecule has 0 bridgehead atoms. The highest BCUT2D eigenvalue weighted by Crippen LogP contribution is 2.70. The fourth-order valence-electron chi connectivity index (χ4n) is 14.1. The molecular weight excluding hydrogens is 780 g/mol. The van der Waals surface area contributed by atoms with Gasteiger partial charge in [0.05, 0.1) is 5.92 Å². The van der Waals surface area contributed by atoms with E-state index in [1.54, 1.807) is 24.3 Å². The van der Waals surface area contributed by atoms with Crippen molar-refractivity contribution < 1.29 is 39.3 Å². The van der Waals surface area contributed by atoms with Gasteiger partial charge in [0, 0.05) is 41.3 Å². The van der Waals surface area contributed by atoms with Crippen LogP contribution in [0.4, 0.5) is 0 Å². The van der Waals surface area contributed by atoms with Crippen LogP contribution in [0.1, 0.15) is 136 Å². The number of carbonyl (C=O) groups is 5. The summed E-state index contributed by atoms with van der Waals surface area (Å²) in [6.07, 6.45) is 10.6. The molecule has 1 aromatic rings. The van der Waals surface area contributed by atoms with Gasteiger partial charge in [-0.1, -0.05) is 70.8 Å². The van der Waals surface area contributed by atoms with E-state index in [0.717, 1.165) is 50.4 Å². The Morgan fingerprint density at radius 2 is 1.65 bits per heavy atom. The zero-order valence-electron chi connectivity index (χ0n) is 37.2. The van der Waals surface area contributed by atoms with E-state index in [1.807, 2.05) is 6.92 Å². The molecule has 13 unspecified atom stereocenters. The normalized spacial score (nSPS) is 36.8. The number of aliphatic hydroxyl groups excluding tert-OH is 1. The van der Waals surface area contributed by atoms with Gasteiger partial charge < -0.3 is 20.6 Å². The van der Waals surface area contributed by atoms with Crippen LogP contribution in [0.2, 0.25) is 5.02 Å². The second kappa shape index (κ2) is 17.7. The predicted molar refractivity (Wildman–Crippen MR) is 232 cm³/mol. The predicted octanol–water partition coefficient (Wildman–Crippen LogP) is 8.07. The molecule has 13 atom stereocenters. The van der Waals surface area contributed by atoms with Gasteiger partial charge in [-0.3, -0.25) is 29.3 Å². The average molecular weight is 852 g/mol. The van der Waals surface area contributed by atoms with Crippen LogP contribution in [0, 0.1) is 75.4 Å². The van der Waals surface area contributed by atoms with Crippen LogP contribution in [0.15, 0.2) is 35.4 Å². The van der Waals surface area contributed by atoms with Gasteiger partial charge in [0.2, 0.25) is 5.72 Å². The number of aliphatic hydroxyl groups is 2. The second-order valence-corrected chi connectivity index (χ2v) is 21.3. The molecule has 11 heteroatoms. The van der Waals surface area contributed by atoms with Gasteiger partial charge in [-0.25, -0.2) is 0 Å². The molecule has 7 rings (SSSR count). The van der Waals surface area contributed by atoms with Crippen molar-refractivity contribution in [1.29, 1.82) is 0 Å². The number of aliphatic carboxylic acids is 1. The first-order valence-corrected chi connectivity index (χ1v) is 23.2. The lowest BCUT2D eigenvalue weighted by Gasteiger charge is -2.65. The number of carboxylic acid groups (broad SMARTS) is 1. The maximum atomic E-state index is 13.8. The molecule has 10 nitrogen and oxygen atoms in total. The number of likely N-dealkylation sites (N-methyl/N-ethyl adjacent to an activating group) is 1. The first-order valence-electron chi connectivity index (χ1n) is 22.8. The highest BCUT2D eigenvalue weighted by atomic mass is 35.5. The lowest BCUT2D eigenvalue weighted by atomic mass is 9.39. The van der Waals surface area contributed by atoms with E-state index in [4.69, 9.17) is 11.6 Å². The Bertz CT molecular complexity index is 1840. The van der Waals surface area contributed by atoms with Gasteiger partial charge in [-0.05, 0) is 154 Å². The Hall–Kier alpha value is -2.92. The minimum Gasteiger partial charge on any atom is -0.481 e. The van der Waals surface area contributed by atoms with Crippen LogP contribution >= 0.6 is 11.6 Å². The second-order valence-electron chi connectivity index (χ2n) is 20.9. The molecule has 0 spiro atoms. The number of benzene rings is 1. The van der Waals surface area contributed by atoms with Crippen LogP contribution in [0.5, 0.6) is 0 Å². The van der Waals surface area contributed by atoms with Gasteiger partial charge in [-0.15, -0.1) is 0 Å². The Balaban J connectivity index is 0.000000594. The van der Waals surface area contributed by atoms with E-state index in [0.29, 0.717) is 78.3 Å². The van der Waals surface area contributed by atoms with Crippen molar-refractivity contribution in [3.8, 4) is 0 Å². The fraction of sp³-hybridized carbons (Fsp3) is 0.735. The molecule has 1 aromatic carbocycles. The third-order valence-corrected chi connectivity index (χ3v) is 17.8. The van der Waals surface area contributed by atoms with Gasteiger partial charge in [0.1, 0.15) is 18.2 Å². The molecular formula is C49H71ClN2O8. The summed E-state index contributed by atoms with van der Waals surface area (Å²) in [5.41, 5.74) is 0.982. The highest BCUT2D eigenvalue weighted by Gasteiger charge is 2.63. The minimum absolute atomic E-state index is 0.0360. The summed E-state index contributed by atoms with van der Waals surface area (Å²) in [6, 6.07) is 6.72. The maximum absolute atomic E-state index is 13.8. The topological polar surface area (TPSA) is 170 Å². The monoisotopic (exact) mass is 850 g/mol. The molecule has 0 radical (unpaired) electrons. The van der Waals surface area contributed by atoms with E-state index in [-0.39, 0.29) is 51.5 Å². The molecule has 1 amide bonds. The Morgan fingerprint density at radius 3 is 2.23 bits per heavy atom. The summed E-state index contributed by atoms with van der Waals surface area (Å²) in [5, 5.41) is 36.3. The number of ketones is 2. The summed E-state index contributed by atoms with van der Waals surface area (Å²) in [7, 11) is 1.45. The van der Waals surface area contributed by atoms with E-state index in [9.17, 15) is 39.3 Å². The maximum Gasteiger partial charge on any atom is 0.306 e. The lowest BCUT2D eigenvalue weighted by molar-refractivity contribution is -0.163. The zero-order chi connectivity index (χ0) is 44.1. The van der Waals surface area contributed by atoms with Crippen molar-refractivity contribution in [2.24, 2.45) is 75.4 Å². The minimum atomic E-state index is -2.07. The Kier molecular flexibility index (Phi) is 13.7. The first kappa shape index (κ1) is 46.6. The third kappa shape index (κ3) is 8.21. The summed E-state index contributed by atoms with van der Waals surface area (Å²) < 4.78 is 0. The molecule has 332 valence electrons. The molecule has 60 heavy (non-hydrogen) atoms. The quantitative estimate of drug-likeness (QED) is 0.103. The van der Waals surface area contributed by atoms with Gasteiger partial charge in [0.15, 0.2) is 5.78 Å². The Morgan fingerprint density at radius 1 is 0.967 bits per heavy atom. The number of halogens is 1. The SMILES string of the molecule is CNC(O)(C(=O)NCCC12CCC3C(CCC4C3CCC3C(C)(C)C(CC(=O)C5CC(C(=O)O)C5C)CCC43C)C1=C(C(C)C)C(=O)C2)C(C)O.O=Cc1ccc(Cl)cc1. The van der Waals surface area contributed by atoms with E-state index in [2.05, 4.69) is 45.3 Å². The molecule has 5 saturated carbocycles. The van der Waals surface area contributed by atoms with Crippen LogP contribution in [-0.4, -0.2) is 70.5 Å². The lowest BCUT2D eigenvalue weighted by Crippen LogP contribution is -2.62. The number of hydrogen-bond acceptors (Lipinski definition) is 8. The first-order chi connectivity index (χ1) is 28.2. The number of rotatable bonds is 12. The largest absolute Gasteiger partial charge is 0.481 e. The van der Waals surface area contributed by atoms with Crippen LogP contribution in [0.25, 0.3) is 0 Å². The summed E-state index contributed by atoms with van der Waals surface area (Å²) >= 11 is 5.55. The van der Waals surface area contributed by atoms with Crippen molar-refractivity contribution in [1.82, 2.24) is 10.6 Å². The number of hydrogen-bond donors (Lipinski definition) is 5. The summed E-state index contributed by atoms with van der Waals surface area (Å²) in [4.78, 5) is 61.9. The molecule has 5 N–H and O–H groups in total. The molecule has 5 fully saturated rings. The number of amides is 1. The van der Waals surface area contributed by atoms with Crippen LogP contribution < -0.4 is 10.6 Å². The van der Waals surface area contributed by atoms with Crippen molar-refractivity contribution >= 4 is 41.3 Å². The van der Waals surface area contributed by atoms with Crippen LogP contribution in [0.3, 0.4) is 0 Å². The van der Waals surface area contributed by atoms with Crippen molar-refractivity contribution in [2.45, 2.75) is 137 Å². The zero-order valence-corrected chi connectivity index (χ0v) is 37.9.